The lowest BCUT2D eigenvalue weighted by Crippen LogP contribution is -2.27. The van der Waals surface area contributed by atoms with Gasteiger partial charge in [0.15, 0.2) is 0 Å². The molecule has 1 unspecified atom stereocenters. The number of rotatable bonds is 8. The molecule has 1 atom stereocenters. The van der Waals surface area contributed by atoms with Gasteiger partial charge in [-0.1, -0.05) is 71.0 Å². The lowest BCUT2D eigenvalue weighted by atomic mass is 9.69. The fourth-order valence-electron chi connectivity index (χ4n) is 5.22. The van der Waals surface area contributed by atoms with Crippen LogP contribution in [0.25, 0.3) is 11.1 Å². The molecule has 0 aliphatic rings. The number of benzene rings is 2. The Labute approximate surface area is 223 Å². The van der Waals surface area contributed by atoms with E-state index in [-0.39, 0.29) is 23.1 Å². The first-order chi connectivity index (χ1) is 17.4. The topological polar surface area (TPSA) is 67.3 Å². The zero-order chi connectivity index (χ0) is 27.8. The van der Waals surface area contributed by atoms with E-state index in [0.29, 0.717) is 0 Å². The molecular formula is C33H43NO3. The molecule has 1 N–H and O–H groups in total. The summed E-state index contributed by atoms with van der Waals surface area (Å²) < 4.78 is 0. The summed E-state index contributed by atoms with van der Waals surface area (Å²) in [5.74, 6) is 0. The number of hydrogen-bond acceptors (Lipinski definition) is 4. The molecule has 0 radical (unpaired) electrons. The summed E-state index contributed by atoms with van der Waals surface area (Å²) >= 11 is 0. The lowest BCUT2D eigenvalue weighted by Gasteiger charge is -2.34. The molecule has 198 valence electrons. The molecule has 4 nitrogen and oxygen atoms in total. The van der Waals surface area contributed by atoms with Gasteiger partial charge in [0.05, 0.1) is 6.10 Å². The molecule has 0 fully saturated rings. The van der Waals surface area contributed by atoms with E-state index in [2.05, 4.69) is 103 Å². The second-order valence-electron chi connectivity index (χ2n) is 11.2. The van der Waals surface area contributed by atoms with E-state index in [1.54, 1.807) is 0 Å². The minimum absolute atomic E-state index is 0.0115. The maximum Gasteiger partial charge on any atom is 0.373 e. The maximum absolute atomic E-state index is 10.5. The first-order valence-electron chi connectivity index (χ1n) is 13.2. The third-order valence-corrected chi connectivity index (χ3v) is 7.75. The summed E-state index contributed by atoms with van der Waals surface area (Å²) in [5, 5.41) is 10.5. The number of pyridine rings is 1. The SMILES string of the molecule is CCC(CC)(c1ccc(CCC(O)C(C)(C)C)c(C)c1)c1ccc(-c2cncc(C)c2)c(C)c1.O=C=O. The summed E-state index contributed by atoms with van der Waals surface area (Å²) in [6, 6.07) is 16.2. The number of carbonyl (C=O) groups excluding carboxylic acids is 2. The second kappa shape index (κ2) is 12.9. The van der Waals surface area contributed by atoms with Crippen LogP contribution in [0.15, 0.2) is 54.9 Å². The van der Waals surface area contributed by atoms with Crippen LogP contribution in [0, 0.1) is 26.2 Å². The van der Waals surface area contributed by atoms with Crippen molar-refractivity contribution in [2.45, 2.75) is 92.6 Å². The molecule has 0 aliphatic carbocycles. The summed E-state index contributed by atoms with van der Waals surface area (Å²) in [7, 11) is 0. The molecule has 3 rings (SSSR count). The van der Waals surface area contributed by atoms with Gasteiger partial charge in [0.2, 0.25) is 0 Å². The van der Waals surface area contributed by atoms with Gasteiger partial charge in [-0.3, -0.25) is 4.98 Å². The average molecular weight is 502 g/mol. The van der Waals surface area contributed by atoms with Gasteiger partial charge in [-0.2, -0.15) is 9.59 Å². The standard InChI is InChI=1S/C32H43NO.CO2/c1-9-32(10-2,27-13-11-25(23(4)18-27)12-16-30(34)31(6,7)8)28-14-15-29(24(5)19-28)26-17-22(3)20-33-21-26;2-1-3/h11,13-15,17-21,30,34H,9-10,12,16H2,1-8H3;. The molecule has 37 heavy (non-hydrogen) atoms. The Hall–Kier alpha value is -3.07. The van der Waals surface area contributed by atoms with E-state index in [0.717, 1.165) is 25.7 Å². The highest BCUT2D eigenvalue weighted by Crippen LogP contribution is 2.41. The van der Waals surface area contributed by atoms with Crippen molar-refractivity contribution < 1.29 is 14.7 Å². The molecule has 1 aromatic heterocycles. The Kier molecular flexibility index (Phi) is 10.5. The number of aliphatic hydroxyl groups is 1. The van der Waals surface area contributed by atoms with Crippen LogP contribution in [0.2, 0.25) is 0 Å². The van der Waals surface area contributed by atoms with Gasteiger partial charge in [-0.25, -0.2) is 0 Å². The second-order valence-corrected chi connectivity index (χ2v) is 11.2. The predicted molar refractivity (Wildman–Crippen MR) is 150 cm³/mol. The minimum Gasteiger partial charge on any atom is -0.393 e. The quantitative estimate of drug-likeness (QED) is 0.346. The molecule has 3 aromatic rings. The zero-order valence-electron chi connectivity index (χ0n) is 23.8. The summed E-state index contributed by atoms with van der Waals surface area (Å²) in [4.78, 5) is 20.6. The van der Waals surface area contributed by atoms with Crippen LogP contribution in [-0.4, -0.2) is 22.3 Å². The zero-order valence-corrected chi connectivity index (χ0v) is 23.8. The number of aliphatic hydroxyl groups excluding tert-OH is 1. The van der Waals surface area contributed by atoms with E-state index in [4.69, 9.17) is 9.59 Å². The van der Waals surface area contributed by atoms with Crippen LogP contribution in [0.3, 0.4) is 0 Å². The van der Waals surface area contributed by atoms with Crippen molar-refractivity contribution in [1.82, 2.24) is 4.98 Å². The highest BCUT2D eigenvalue weighted by atomic mass is 16.3. The summed E-state index contributed by atoms with van der Waals surface area (Å²) in [6.07, 6.45) is 7.63. The van der Waals surface area contributed by atoms with Gasteiger partial charge in [-0.05, 0) is 96.9 Å². The van der Waals surface area contributed by atoms with Gasteiger partial charge in [-0.15, -0.1) is 0 Å². The number of aryl methyl sites for hydroxylation is 4. The Balaban J connectivity index is 0.00000153. The number of aromatic nitrogens is 1. The molecular weight excluding hydrogens is 458 g/mol. The first-order valence-corrected chi connectivity index (χ1v) is 13.2. The van der Waals surface area contributed by atoms with Crippen molar-refractivity contribution in [1.29, 1.82) is 0 Å². The van der Waals surface area contributed by atoms with Crippen LogP contribution in [0.1, 0.15) is 87.3 Å². The van der Waals surface area contributed by atoms with Crippen molar-refractivity contribution in [3.63, 3.8) is 0 Å². The largest absolute Gasteiger partial charge is 0.393 e. The predicted octanol–water partition coefficient (Wildman–Crippen LogP) is 7.54. The third kappa shape index (κ3) is 7.25. The maximum atomic E-state index is 10.5. The molecule has 0 bridgehead atoms. The highest BCUT2D eigenvalue weighted by Gasteiger charge is 2.31. The van der Waals surface area contributed by atoms with E-state index < -0.39 is 0 Å². The van der Waals surface area contributed by atoms with Gasteiger partial charge in [0.1, 0.15) is 0 Å². The van der Waals surface area contributed by atoms with Gasteiger partial charge < -0.3 is 5.11 Å². The van der Waals surface area contributed by atoms with Crippen LogP contribution in [-0.2, 0) is 21.4 Å². The van der Waals surface area contributed by atoms with Crippen LogP contribution < -0.4 is 0 Å². The van der Waals surface area contributed by atoms with Gasteiger partial charge >= 0.3 is 6.15 Å². The average Bonchev–Trinajstić information content (AvgIpc) is 2.84. The van der Waals surface area contributed by atoms with E-state index in [1.165, 1.54) is 44.5 Å². The Bertz CT molecular complexity index is 1210. The summed E-state index contributed by atoms with van der Waals surface area (Å²) in [5.41, 5.74) is 10.3. The Morgan fingerprint density at radius 2 is 1.43 bits per heavy atom. The molecule has 0 saturated heterocycles. The lowest BCUT2D eigenvalue weighted by molar-refractivity contribution is -0.191. The molecule has 1 heterocycles. The van der Waals surface area contributed by atoms with E-state index >= 15 is 0 Å². The molecule has 4 heteroatoms. The number of nitrogens with zero attached hydrogens (tertiary/aromatic N) is 1. The van der Waals surface area contributed by atoms with Crippen LogP contribution in [0.5, 0.6) is 0 Å². The molecule has 2 aromatic carbocycles. The first kappa shape index (κ1) is 30.2. The molecule has 0 spiro atoms. The van der Waals surface area contributed by atoms with Crippen molar-refractivity contribution in [3.05, 3.63) is 88.2 Å². The Morgan fingerprint density at radius 3 is 1.92 bits per heavy atom. The van der Waals surface area contributed by atoms with Crippen LogP contribution >= 0.6 is 0 Å². The molecule has 0 saturated carbocycles. The minimum atomic E-state index is -0.290. The molecule has 0 amide bonds. The number of hydrogen-bond donors (Lipinski definition) is 1. The molecule has 0 aliphatic heterocycles. The van der Waals surface area contributed by atoms with E-state index in [1.807, 2.05) is 12.4 Å². The van der Waals surface area contributed by atoms with Gasteiger partial charge in [0, 0.05) is 23.4 Å². The van der Waals surface area contributed by atoms with Crippen molar-refractivity contribution in [3.8, 4) is 11.1 Å². The smallest absolute Gasteiger partial charge is 0.373 e. The fraction of sp³-hybridized carbons (Fsp3) is 0.455. The van der Waals surface area contributed by atoms with Crippen molar-refractivity contribution in [2.24, 2.45) is 5.41 Å². The monoisotopic (exact) mass is 501 g/mol. The third-order valence-electron chi connectivity index (χ3n) is 7.75. The van der Waals surface area contributed by atoms with Crippen molar-refractivity contribution >= 4 is 6.15 Å². The van der Waals surface area contributed by atoms with Gasteiger partial charge in [0.25, 0.3) is 0 Å². The van der Waals surface area contributed by atoms with E-state index in [9.17, 15) is 5.11 Å². The highest BCUT2D eigenvalue weighted by molar-refractivity contribution is 5.68. The fourth-order valence-corrected chi connectivity index (χ4v) is 5.22. The van der Waals surface area contributed by atoms with Crippen molar-refractivity contribution in [2.75, 3.05) is 0 Å². The normalized spacial score (nSPS) is 12.4. The van der Waals surface area contributed by atoms with Crippen LogP contribution in [0.4, 0.5) is 0 Å². The summed E-state index contributed by atoms with van der Waals surface area (Å²) in [6.45, 7) is 17.5. The Morgan fingerprint density at radius 1 is 0.865 bits per heavy atom.